The first kappa shape index (κ1) is 30.0. The zero-order valence-corrected chi connectivity index (χ0v) is 22.3. The van der Waals surface area contributed by atoms with Crippen molar-refractivity contribution in [2.75, 3.05) is 10.8 Å². The van der Waals surface area contributed by atoms with Gasteiger partial charge in [0.15, 0.2) is 0 Å². The third-order valence-corrected chi connectivity index (χ3v) is 8.16. The minimum Gasteiger partial charge on any atom is -0.486 e. The zero-order chi connectivity index (χ0) is 30.3. The normalized spacial score (nSPS) is 15.8. The summed E-state index contributed by atoms with van der Waals surface area (Å²) in [5.74, 6) is -2.63. The fourth-order valence-corrected chi connectivity index (χ4v) is 5.89. The fourth-order valence-electron chi connectivity index (χ4n) is 4.34. The zero-order valence-electron chi connectivity index (χ0n) is 21.5. The molecule has 1 aliphatic heterocycles. The van der Waals surface area contributed by atoms with E-state index in [9.17, 15) is 44.7 Å². The third kappa shape index (κ3) is 6.53. The monoisotopic (exact) mass is 603 g/mol. The average molecular weight is 604 g/mol. The Morgan fingerprint density at radius 3 is 2.41 bits per heavy atom. The number of alkyl halides is 5. The van der Waals surface area contributed by atoms with E-state index >= 15 is 0 Å². The average Bonchev–Trinajstić information content (AvgIpc) is 2.86. The second-order valence-electron chi connectivity index (χ2n) is 9.93. The van der Waals surface area contributed by atoms with Crippen LogP contribution in [0.1, 0.15) is 25.8 Å². The number of hydrogen-bond acceptors (Lipinski definition) is 5. The van der Waals surface area contributed by atoms with E-state index in [0.717, 1.165) is 34.6 Å². The van der Waals surface area contributed by atoms with E-state index in [1.54, 1.807) is 0 Å². The predicted molar refractivity (Wildman–Crippen MR) is 135 cm³/mol. The van der Waals surface area contributed by atoms with Gasteiger partial charge >= 0.3 is 18.8 Å². The molecule has 0 spiro atoms. The number of nitrogens with zero attached hydrogens (tertiary/aromatic N) is 1. The van der Waals surface area contributed by atoms with Crippen molar-refractivity contribution in [1.82, 2.24) is 0 Å². The highest BCUT2D eigenvalue weighted by Crippen LogP contribution is 2.43. The van der Waals surface area contributed by atoms with Crippen LogP contribution in [0, 0.1) is 11.2 Å². The summed E-state index contributed by atoms with van der Waals surface area (Å²) in [6.07, 6.45) is -6.00. The van der Waals surface area contributed by atoms with Crippen molar-refractivity contribution in [2.45, 2.75) is 44.1 Å². The number of fused-ring (bicyclic) bond motifs is 1. The van der Waals surface area contributed by atoms with Crippen LogP contribution in [0.2, 0.25) is 0 Å². The van der Waals surface area contributed by atoms with E-state index in [-0.39, 0.29) is 29.0 Å². The number of benzene rings is 3. The summed E-state index contributed by atoms with van der Waals surface area (Å²) < 4.78 is 118. The molecule has 0 saturated carbocycles. The van der Waals surface area contributed by atoms with E-state index in [4.69, 9.17) is 4.74 Å². The van der Waals surface area contributed by atoms with Gasteiger partial charge in [0.1, 0.15) is 23.4 Å². The Morgan fingerprint density at radius 2 is 1.78 bits per heavy atom. The van der Waals surface area contributed by atoms with Crippen LogP contribution in [0.4, 0.5) is 32.0 Å². The molecular formula is C27H23F6NO6S. The van der Waals surface area contributed by atoms with Gasteiger partial charge in [0.2, 0.25) is 0 Å². The molecule has 1 unspecified atom stereocenters. The highest BCUT2D eigenvalue weighted by molar-refractivity contribution is 7.92. The molecule has 3 aromatic rings. The second-order valence-corrected chi connectivity index (χ2v) is 11.8. The molecule has 0 aromatic heterocycles. The molecule has 0 amide bonds. The van der Waals surface area contributed by atoms with Gasteiger partial charge in [-0.2, -0.15) is 22.0 Å². The summed E-state index contributed by atoms with van der Waals surface area (Å²) in [7, 11) is -4.69. The van der Waals surface area contributed by atoms with Gasteiger partial charge in [-0.25, -0.2) is 12.8 Å². The molecule has 1 atom stereocenters. The maximum absolute atomic E-state index is 14.2. The SMILES string of the molecule is CC(C)(CC1CN(S(=O)(=O)c2cccc(C(F)(F)F)c2)c2cc(-c3cc(F)cc(OC(F)F)c3)ccc2O1)C(=O)O. The number of anilines is 1. The largest absolute Gasteiger partial charge is 0.486 e. The van der Waals surface area contributed by atoms with Crippen molar-refractivity contribution >= 4 is 21.7 Å². The third-order valence-electron chi connectivity index (χ3n) is 6.39. The standard InChI is InChI=1S/C27H23F6NO6S/c1-26(2,24(35)36)13-20-14-34(41(37,38)21-5-3-4-17(11-21)27(31,32)33)22-10-15(6-7-23(22)39-20)16-8-18(28)12-19(9-16)40-25(29)30/h3-12,20,25H,13-14H2,1-2H3,(H,35,36). The van der Waals surface area contributed by atoms with Crippen LogP contribution in [-0.4, -0.2) is 38.8 Å². The van der Waals surface area contributed by atoms with Crippen LogP contribution < -0.4 is 13.8 Å². The van der Waals surface area contributed by atoms with Crippen molar-refractivity contribution in [1.29, 1.82) is 0 Å². The first-order valence-corrected chi connectivity index (χ1v) is 13.4. The molecule has 1 heterocycles. The molecule has 1 N–H and O–H groups in total. The Labute approximate surface area is 231 Å². The number of aliphatic carboxylic acids is 1. The van der Waals surface area contributed by atoms with Crippen molar-refractivity contribution in [2.24, 2.45) is 5.41 Å². The number of carbonyl (C=O) groups is 1. The molecule has 4 rings (SSSR count). The van der Waals surface area contributed by atoms with Gasteiger partial charge in [-0.1, -0.05) is 12.1 Å². The van der Waals surface area contributed by atoms with E-state index in [1.165, 1.54) is 32.0 Å². The molecule has 41 heavy (non-hydrogen) atoms. The Hall–Kier alpha value is -3.94. The van der Waals surface area contributed by atoms with Crippen LogP contribution in [0.5, 0.6) is 11.5 Å². The van der Waals surface area contributed by atoms with Crippen molar-refractivity contribution in [3.8, 4) is 22.6 Å². The van der Waals surface area contributed by atoms with E-state index in [0.29, 0.717) is 12.1 Å². The number of sulfonamides is 1. The van der Waals surface area contributed by atoms with Gasteiger partial charge < -0.3 is 14.6 Å². The van der Waals surface area contributed by atoms with Gasteiger partial charge in [-0.3, -0.25) is 9.10 Å². The number of halogens is 6. The number of carboxylic acids is 1. The lowest BCUT2D eigenvalue weighted by molar-refractivity contribution is -0.148. The van der Waals surface area contributed by atoms with Gasteiger partial charge in [0.25, 0.3) is 10.0 Å². The van der Waals surface area contributed by atoms with Gasteiger partial charge in [0.05, 0.1) is 28.1 Å². The number of carboxylic acid groups (broad SMARTS) is 1. The first-order valence-electron chi connectivity index (χ1n) is 12.0. The summed E-state index contributed by atoms with van der Waals surface area (Å²) in [5, 5.41) is 9.56. The molecule has 3 aromatic carbocycles. The van der Waals surface area contributed by atoms with Crippen LogP contribution in [-0.2, 0) is 21.0 Å². The van der Waals surface area contributed by atoms with E-state index in [1.807, 2.05) is 0 Å². The molecule has 7 nitrogen and oxygen atoms in total. The highest BCUT2D eigenvalue weighted by atomic mass is 32.2. The van der Waals surface area contributed by atoms with Gasteiger partial charge in [0, 0.05) is 12.5 Å². The summed E-state index contributed by atoms with van der Waals surface area (Å²) in [5.41, 5.74) is -2.50. The summed E-state index contributed by atoms with van der Waals surface area (Å²) in [4.78, 5) is 11.0. The van der Waals surface area contributed by atoms with Crippen LogP contribution in [0.3, 0.4) is 0 Å². The smallest absolute Gasteiger partial charge is 0.416 e. The van der Waals surface area contributed by atoms with Crippen molar-refractivity contribution in [3.05, 3.63) is 72.0 Å². The number of ether oxygens (including phenoxy) is 2. The molecule has 1 aliphatic rings. The number of hydrogen-bond donors (Lipinski definition) is 1. The Balaban J connectivity index is 1.84. The summed E-state index contributed by atoms with van der Waals surface area (Å²) in [6.45, 7) is -0.881. The molecule has 0 aliphatic carbocycles. The molecule has 0 fully saturated rings. The quantitative estimate of drug-likeness (QED) is 0.293. The summed E-state index contributed by atoms with van der Waals surface area (Å²) in [6, 6.07) is 9.90. The molecule has 14 heteroatoms. The molecule has 0 saturated heterocycles. The minimum absolute atomic E-state index is 0.0361. The second kappa shape index (κ2) is 10.8. The maximum Gasteiger partial charge on any atom is 0.416 e. The van der Waals surface area contributed by atoms with Crippen molar-refractivity contribution in [3.63, 3.8) is 0 Å². The topological polar surface area (TPSA) is 93.1 Å². The van der Waals surface area contributed by atoms with Crippen LogP contribution >= 0.6 is 0 Å². The molecule has 220 valence electrons. The lowest BCUT2D eigenvalue weighted by Gasteiger charge is -2.38. The first-order chi connectivity index (χ1) is 19.0. The summed E-state index contributed by atoms with van der Waals surface area (Å²) >= 11 is 0. The minimum atomic E-state index is -4.83. The van der Waals surface area contributed by atoms with Crippen LogP contribution in [0.25, 0.3) is 11.1 Å². The predicted octanol–water partition coefficient (Wildman–Crippen LogP) is 6.57. The molecule has 0 bridgehead atoms. The Bertz CT molecular complexity index is 1570. The lowest BCUT2D eigenvalue weighted by atomic mass is 9.86. The van der Waals surface area contributed by atoms with E-state index < -0.39 is 68.9 Å². The van der Waals surface area contributed by atoms with Crippen molar-refractivity contribution < 1.29 is 54.1 Å². The van der Waals surface area contributed by atoms with Crippen LogP contribution in [0.15, 0.2) is 65.6 Å². The number of rotatable bonds is 8. The van der Waals surface area contributed by atoms with Gasteiger partial charge in [-0.05, 0) is 67.4 Å². The molecular weight excluding hydrogens is 580 g/mol. The Kier molecular flexibility index (Phi) is 7.91. The van der Waals surface area contributed by atoms with Gasteiger partial charge in [-0.15, -0.1) is 0 Å². The maximum atomic E-state index is 14.2. The lowest BCUT2D eigenvalue weighted by Crippen LogP contribution is -2.46. The fraction of sp³-hybridized carbons (Fsp3) is 0.296. The Morgan fingerprint density at radius 1 is 1.07 bits per heavy atom. The highest BCUT2D eigenvalue weighted by Gasteiger charge is 2.40. The van der Waals surface area contributed by atoms with E-state index in [2.05, 4.69) is 4.74 Å². The molecule has 0 radical (unpaired) electrons.